The van der Waals surface area contributed by atoms with Crippen LogP contribution in [0.15, 0.2) is 190 Å². The number of para-hydroxylation sites is 8. The zero-order valence-electron chi connectivity index (χ0n) is 59.7. The van der Waals surface area contributed by atoms with Crippen LogP contribution in [0.1, 0.15) is 150 Å². The van der Waals surface area contributed by atoms with Crippen LogP contribution in [0.3, 0.4) is 0 Å². The first-order valence-corrected chi connectivity index (χ1v) is 33.6. The Balaban J connectivity index is 0.00000702. The van der Waals surface area contributed by atoms with E-state index in [1.807, 2.05) is 146 Å². The van der Waals surface area contributed by atoms with Gasteiger partial charge in [-0.15, -0.1) is 0 Å². The van der Waals surface area contributed by atoms with E-state index in [0.29, 0.717) is 116 Å². The van der Waals surface area contributed by atoms with E-state index < -0.39 is 0 Å². The molecule has 0 aromatic heterocycles. The van der Waals surface area contributed by atoms with Crippen molar-refractivity contribution in [3.05, 3.63) is 237 Å². The molecule has 0 aliphatic carbocycles. The minimum absolute atomic E-state index is 0. The fourth-order valence-corrected chi connectivity index (χ4v) is 11.1. The third-order valence-corrected chi connectivity index (χ3v) is 16.9. The van der Waals surface area contributed by atoms with Gasteiger partial charge in [0.25, 0.3) is 0 Å². The third kappa shape index (κ3) is 21.6. The van der Waals surface area contributed by atoms with Gasteiger partial charge in [0.1, 0.15) is 95.2 Å². The van der Waals surface area contributed by atoms with Gasteiger partial charge in [-0.3, -0.25) is 20.0 Å². The Morgan fingerprint density at radius 2 is 0.500 bits per heavy atom. The number of ether oxygens (including phenoxy) is 6. The zero-order valence-corrected chi connectivity index (χ0v) is 61.6. The van der Waals surface area contributed by atoms with Crippen LogP contribution in [0.4, 0.5) is 22.7 Å². The van der Waals surface area contributed by atoms with Crippen molar-refractivity contribution in [2.24, 2.45) is 20.0 Å². The molecule has 8 bridgehead atoms. The molecule has 0 atom stereocenters. The fraction of sp³-hybridized carbons (Fsp3) is 0.333. The summed E-state index contributed by atoms with van der Waals surface area (Å²) in [7, 11) is 0. The van der Waals surface area contributed by atoms with Gasteiger partial charge in [-0.05, 0) is 165 Å². The van der Waals surface area contributed by atoms with Crippen molar-refractivity contribution < 1.29 is 83.0 Å². The number of aromatic hydroxyl groups is 4. The zero-order chi connectivity index (χ0) is 70.4. The van der Waals surface area contributed by atoms with E-state index in [9.17, 15) is 20.4 Å². The number of phenols is 4. The topological polar surface area (TPSA) is 186 Å². The van der Waals surface area contributed by atoms with E-state index in [2.05, 4.69) is 96.2 Å². The second-order valence-corrected chi connectivity index (χ2v) is 29.0. The summed E-state index contributed by atoms with van der Waals surface area (Å²) in [5.74, 6) is 2.58. The normalized spacial score (nSPS) is 14.6. The van der Waals surface area contributed by atoms with E-state index in [0.717, 1.165) is 33.4 Å². The number of allylic oxidation sites excluding steroid dienone is 2. The van der Waals surface area contributed by atoms with E-state index >= 15 is 0 Å². The Hall–Kier alpha value is -8.72. The summed E-state index contributed by atoms with van der Waals surface area (Å²) in [6, 6.07) is 45.9. The van der Waals surface area contributed by atoms with Gasteiger partial charge in [0.05, 0.1) is 26.4 Å². The molecule has 1 aliphatic heterocycles. The maximum Gasteiger partial charge on any atom is 0.145 e. The van der Waals surface area contributed by atoms with Gasteiger partial charge >= 0.3 is 0 Å². The number of benzene rings is 8. The van der Waals surface area contributed by atoms with Crippen molar-refractivity contribution in [2.45, 2.75) is 130 Å². The second-order valence-electron chi connectivity index (χ2n) is 29.0. The monoisotopic (exact) mass is 1450 g/mol. The van der Waals surface area contributed by atoms with Crippen molar-refractivity contribution in [1.82, 2.24) is 0 Å². The Morgan fingerprint density at radius 1 is 0.300 bits per heavy atom. The molecular formula is C84H96Cu2N4O10. The van der Waals surface area contributed by atoms with E-state index in [4.69, 9.17) is 48.4 Å². The van der Waals surface area contributed by atoms with Gasteiger partial charge in [0.15, 0.2) is 0 Å². The van der Waals surface area contributed by atoms with Gasteiger partial charge in [-0.2, -0.15) is 0 Å². The van der Waals surface area contributed by atoms with Crippen LogP contribution in [0.25, 0.3) is 0 Å². The van der Waals surface area contributed by atoms with Crippen LogP contribution < -0.4 is 18.9 Å². The number of rotatable bonds is 0. The Morgan fingerprint density at radius 3 is 0.700 bits per heavy atom. The quantitative estimate of drug-likeness (QED) is 0.0841. The van der Waals surface area contributed by atoms with Crippen LogP contribution in [-0.2, 0) is 91.0 Å². The maximum absolute atomic E-state index is 12.0. The molecule has 1 aliphatic rings. The Bertz CT molecular complexity index is 3740. The van der Waals surface area contributed by atoms with Gasteiger partial charge < -0.3 is 48.8 Å². The molecule has 14 nitrogen and oxygen atoms in total. The fourth-order valence-electron chi connectivity index (χ4n) is 11.1. The van der Waals surface area contributed by atoms with E-state index in [-0.39, 0.29) is 132 Å². The predicted molar refractivity (Wildman–Crippen MR) is 399 cm³/mol. The molecule has 0 saturated heterocycles. The van der Waals surface area contributed by atoms with Crippen LogP contribution in [0, 0.1) is 0 Å². The average molecular weight is 1450 g/mol. The number of nitrogens with zero attached hydrogens (tertiary/aromatic N) is 4. The number of fused-ring (bicyclic) bond motifs is 12. The molecule has 534 valence electrons. The summed E-state index contributed by atoms with van der Waals surface area (Å²) in [4.78, 5) is 19.4. The van der Waals surface area contributed by atoms with Crippen LogP contribution in [-0.4, -0.2) is 98.1 Å². The first-order chi connectivity index (χ1) is 46.6. The summed E-state index contributed by atoms with van der Waals surface area (Å²) < 4.78 is 36.9. The van der Waals surface area contributed by atoms with Crippen LogP contribution >= 0.6 is 0 Å². The number of phenolic OH excluding ortho intramolecular Hbond substituents is 4. The van der Waals surface area contributed by atoms with Gasteiger partial charge in [-0.1, -0.05) is 180 Å². The van der Waals surface area contributed by atoms with E-state index in [1.165, 1.54) is 0 Å². The number of hydrogen-bond acceptors (Lipinski definition) is 14. The van der Waals surface area contributed by atoms with Crippen molar-refractivity contribution in [2.75, 3.05) is 52.9 Å². The minimum atomic E-state index is -0.267. The molecule has 16 heteroatoms. The van der Waals surface area contributed by atoms with Crippen LogP contribution in [0.2, 0.25) is 0 Å². The molecule has 8 aromatic rings. The number of aliphatic imine (C=N–C) groups is 4. The Labute approximate surface area is 612 Å². The Kier molecular flexibility index (Phi) is 27.6. The molecule has 100 heavy (non-hydrogen) atoms. The number of hydrogen-bond donors (Lipinski definition) is 4. The van der Waals surface area contributed by atoms with Crippen molar-refractivity contribution in [1.29, 1.82) is 0 Å². The summed E-state index contributed by atoms with van der Waals surface area (Å²) in [6.45, 7) is 36.7. The first-order valence-electron chi connectivity index (χ1n) is 33.6. The van der Waals surface area contributed by atoms with E-state index in [1.54, 1.807) is 24.9 Å². The summed E-state index contributed by atoms with van der Waals surface area (Å²) in [5, 5.41) is 48.0. The summed E-state index contributed by atoms with van der Waals surface area (Å²) in [6.07, 6.45) is 8.04. The molecule has 4 N–H and O–H groups in total. The smallest absolute Gasteiger partial charge is 0.145 e. The van der Waals surface area contributed by atoms with Gasteiger partial charge in [-0.25, -0.2) is 0 Å². The molecule has 9 rings (SSSR count). The molecular weight excluding hydrogens is 1350 g/mol. The molecule has 2 radical (unpaired) electrons. The molecule has 0 amide bonds. The molecule has 0 spiro atoms. The SMILES string of the molecule is C=C1Cc2cc(C(C)(C)C)cc(c2O)C=Nc2ccccc2OCCOCCOc2ccccc2N=Cc2cc(C(C)(C)C)cc(c2O)CC(=C)Cc2cc(C(C)(C)C)cc(c2O)C=Nc2ccccc2OCCOCCOc2ccccc2N=Cc2cc(C(C)(C)C)cc(c2O)C1.[Cu].[Cu]. The molecule has 0 unspecified atom stereocenters. The molecule has 1 heterocycles. The molecule has 8 aromatic carbocycles. The third-order valence-electron chi connectivity index (χ3n) is 16.9. The standard InChI is InChI=1S/C84H96N4O10.2Cu/c1-55-39-57-43-65(81(3,4)5)47-61(77(57)89)51-85-69-23-15-19-27-73(69)95-35-31-93-33-37-97-75-29-21-17-25-71(75)87-53-63-49-67(83(9,10)11)45-59(79(63)91)41-56(2)42-60-46-68(84(12,13)14)50-64(80(60)92)54-88-72-26-18-22-30-76(72)98-38-34-94-32-36-96-74-28-20-16-24-70(74)86-52-62-48-66(82(6,7)8)44-58(40-55)78(62)90;;/h15-30,43-54,89-92H,1-2,31-42H2,3-14H3;;. The van der Waals surface area contributed by atoms with Crippen LogP contribution in [0.5, 0.6) is 46.0 Å². The maximum atomic E-state index is 12.0. The summed E-state index contributed by atoms with van der Waals surface area (Å²) >= 11 is 0. The van der Waals surface area contributed by atoms with Gasteiger partial charge in [0, 0.05) is 81.2 Å². The van der Waals surface area contributed by atoms with Crippen molar-refractivity contribution in [3.63, 3.8) is 0 Å². The van der Waals surface area contributed by atoms with Crippen molar-refractivity contribution >= 4 is 47.6 Å². The molecule has 0 fully saturated rings. The average Bonchev–Trinajstić information content (AvgIpc) is 0.813. The first kappa shape index (κ1) is 78.6. The van der Waals surface area contributed by atoms with Crippen molar-refractivity contribution in [3.8, 4) is 46.0 Å². The minimum Gasteiger partial charge on any atom is -0.507 e. The second kappa shape index (κ2) is 35.1. The largest absolute Gasteiger partial charge is 0.507 e. The van der Waals surface area contributed by atoms with Gasteiger partial charge in [0.2, 0.25) is 0 Å². The summed E-state index contributed by atoms with van der Waals surface area (Å²) in [5.41, 5.74) is 11.8. The molecule has 0 saturated carbocycles. The predicted octanol–water partition coefficient (Wildman–Crippen LogP) is 18.6.